The normalized spacial score (nSPS) is 17.2. The lowest BCUT2D eigenvalue weighted by molar-refractivity contribution is -0.122. The molecule has 0 aromatic heterocycles. The SMILES string of the molecule is C=CCN(C1CC(=O)N(c2ccc(S(N)(=O)=O)cc2)C1=O)S(=O)(=O)c1cc(Cl)ccc1Cl. The maximum absolute atomic E-state index is 13.3. The lowest BCUT2D eigenvalue weighted by atomic mass is 10.2. The predicted octanol–water partition coefficient (Wildman–Crippen LogP) is 2.15. The molecule has 2 aromatic carbocycles. The maximum Gasteiger partial charge on any atom is 0.252 e. The summed E-state index contributed by atoms with van der Waals surface area (Å²) in [6.07, 6.45) is 0.846. The third-order valence-corrected chi connectivity index (χ3v) is 8.20. The first-order valence-corrected chi connectivity index (χ1v) is 12.7. The number of anilines is 1. The van der Waals surface area contributed by atoms with Crippen LogP contribution in [-0.2, 0) is 29.6 Å². The van der Waals surface area contributed by atoms with E-state index >= 15 is 0 Å². The highest BCUT2D eigenvalue weighted by atomic mass is 35.5. The number of benzene rings is 2. The van der Waals surface area contributed by atoms with E-state index in [0.717, 1.165) is 27.4 Å². The van der Waals surface area contributed by atoms with Gasteiger partial charge in [0, 0.05) is 11.6 Å². The summed E-state index contributed by atoms with van der Waals surface area (Å²) in [6.45, 7) is 3.26. The van der Waals surface area contributed by atoms with E-state index in [1.807, 2.05) is 0 Å². The Hall–Kier alpha value is -2.28. The van der Waals surface area contributed by atoms with Crippen LogP contribution in [0.4, 0.5) is 5.69 Å². The molecule has 0 spiro atoms. The highest BCUT2D eigenvalue weighted by Crippen LogP contribution is 2.33. The molecule has 2 aromatic rings. The third kappa shape index (κ3) is 4.58. The smallest absolute Gasteiger partial charge is 0.252 e. The fraction of sp³-hybridized carbons (Fsp3) is 0.158. The van der Waals surface area contributed by atoms with Crippen LogP contribution >= 0.6 is 23.2 Å². The monoisotopic (exact) mass is 517 g/mol. The number of imide groups is 1. The average molecular weight is 518 g/mol. The second kappa shape index (κ2) is 8.93. The summed E-state index contributed by atoms with van der Waals surface area (Å²) in [7, 11) is -8.31. The van der Waals surface area contributed by atoms with Gasteiger partial charge in [-0.25, -0.2) is 26.9 Å². The van der Waals surface area contributed by atoms with Gasteiger partial charge in [-0.15, -0.1) is 6.58 Å². The Bertz CT molecular complexity index is 1310. The van der Waals surface area contributed by atoms with Crippen LogP contribution in [0.1, 0.15) is 6.42 Å². The van der Waals surface area contributed by atoms with Crippen LogP contribution in [0.5, 0.6) is 0 Å². The molecule has 2 amide bonds. The van der Waals surface area contributed by atoms with Gasteiger partial charge in [-0.05, 0) is 42.5 Å². The molecular formula is C19H17Cl2N3O6S2. The summed E-state index contributed by atoms with van der Waals surface area (Å²) in [5.74, 6) is -1.47. The molecule has 3 rings (SSSR count). The largest absolute Gasteiger partial charge is 0.274 e. The maximum atomic E-state index is 13.3. The molecule has 13 heteroatoms. The van der Waals surface area contributed by atoms with Gasteiger partial charge < -0.3 is 0 Å². The Morgan fingerprint density at radius 1 is 1.09 bits per heavy atom. The number of halogens is 2. The molecule has 1 aliphatic rings. The Morgan fingerprint density at radius 2 is 1.72 bits per heavy atom. The van der Waals surface area contributed by atoms with Crippen molar-refractivity contribution in [2.24, 2.45) is 5.14 Å². The van der Waals surface area contributed by atoms with Gasteiger partial charge in [-0.3, -0.25) is 9.59 Å². The highest BCUT2D eigenvalue weighted by molar-refractivity contribution is 7.89. The minimum Gasteiger partial charge on any atom is -0.274 e. The van der Waals surface area contributed by atoms with Crippen molar-refractivity contribution in [1.29, 1.82) is 0 Å². The zero-order valence-electron chi connectivity index (χ0n) is 16.3. The van der Waals surface area contributed by atoms with Crippen molar-refractivity contribution >= 4 is 60.8 Å². The van der Waals surface area contributed by atoms with Crippen LogP contribution in [0.3, 0.4) is 0 Å². The zero-order chi connectivity index (χ0) is 23.8. The van der Waals surface area contributed by atoms with Crippen molar-refractivity contribution in [2.45, 2.75) is 22.3 Å². The molecule has 32 heavy (non-hydrogen) atoms. The average Bonchev–Trinajstić information content (AvgIpc) is 3.00. The molecule has 1 atom stereocenters. The number of hydrogen-bond donors (Lipinski definition) is 1. The van der Waals surface area contributed by atoms with E-state index in [0.29, 0.717) is 0 Å². The van der Waals surface area contributed by atoms with Gasteiger partial charge in [-0.2, -0.15) is 4.31 Å². The fourth-order valence-corrected chi connectivity index (χ4v) is 6.03. The molecule has 0 radical (unpaired) electrons. The van der Waals surface area contributed by atoms with Crippen LogP contribution in [0.15, 0.2) is 64.9 Å². The summed E-state index contributed by atoms with van der Waals surface area (Å²) < 4.78 is 50.3. The molecule has 0 saturated carbocycles. The number of carbonyl (C=O) groups is 2. The number of primary sulfonamides is 1. The van der Waals surface area contributed by atoms with Gasteiger partial charge in [0.2, 0.25) is 26.0 Å². The topological polar surface area (TPSA) is 135 Å². The van der Waals surface area contributed by atoms with Gasteiger partial charge in [0.1, 0.15) is 10.9 Å². The van der Waals surface area contributed by atoms with E-state index in [2.05, 4.69) is 6.58 Å². The molecule has 0 bridgehead atoms. The molecule has 170 valence electrons. The molecule has 1 heterocycles. The number of sulfonamides is 2. The van der Waals surface area contributed by atoms with Gasteiger partial charge in [0.05, 0.1) is 22.0 Å². The van der Waals surface area contributed by atoms with Crippen molar-refractivity contribution in [1.82, 2.24) is 4.31 Å². The van der Waals surface area contributed by atoms with E-state index < -0.39 is 44.3 Å². The van der Waals surface area contributed by atoms with E-state index in [1.54, 1.807) is 0 Å². The fourth-order valence-electron chi connectivity index (χ4n) is 3.22. The minimum atomic E-state index is -4.34. The Kier molecular flexibility index (Phi) is 6.80. The molecule has 1 saturated heterocycles. The van der Waals surface area contributed by atoms with E-state index in [1.165, 1.54) is 30.3 Å². The van der Waals surface area contributed by atoms with E-state index in [-0.39, 0.29) is 32.1 Å². The Labute approximate surface area is 195 Å². The van der Waals surface area contributed by atoms with Crippen molar-refractivity contribution in [3.63, 3.8) is 0 Å². The van der Waals surface area contributed by atoms with E-state index in [9.17, 15) is 26.4 Å². The molecule has 2 N–H and O–H groups in total. The number of nitrogens with zero attached hydrogens (tertiary/aromatic N) is 2. The Morgan fingerprint density at radius 3 is 2.28 bits per heavy atom. The molecule has 1 fully saturated rings. The molecule has 0 aliphatic carbocycles. The lowest BCUT2D eigenvalue weighted by Crippen LogP contribution is -2.45. The number of rotatable bonds is 7. The van der Waals surface area contributed by atoms with Crippen LogP contribution in [0.2, 0.25) is 10.0 Å². The Balaban J connectivity index is 2.00. The van der Waals surface area contributed by atoms with Gasteiger partial charge in [0.15, 0.2) is 0 Å². The van der Waals surface area contributed by atoms with Crippen molar-refractivity contribution < 1.29 is 26.4 Å². The van der Waals surface area contributed by atoms with Crippen LogP contribution < -0.4 is 10.0 Å². The lowest BCUT2D eigenvalue weighted by Gasteiger charge is -2.26. The molecule has 1 unspecified atom stereocenters. The van der Waals surface area contributed by atoms with Crippen LogP contribution in [0.25, 0.3) is 0 Å². The summed E-state index contributed by atoms with van der Waals surface area (Å²) >= 11 is 12.0. The van der Waals surface area contributed by atoms with Crippen molar-refractivity contribution in [2.75, 3.05) is 11.4 Å². The number of carbonyl (C=O) groups excluding carboxylic acids is 2. The molecule has 1 aliphatic heterocycles. The zero-order valence-corrected chi connectivity index (χ0v) is 19.5. The minimum absolute atomic E-state index is 0.0756. The first-order valence-electron chi connectivity index (χ1n) is 8.95. The summed E-state index contributed by atoms with van der Waals surface area (Å²) in [5, 5.41) is 5.08. The molecular weight excluding hydrogens is 501 g/mol. The van der Waals surface area contributed by atoms with Gasteiger partial charge in [-0.1, -0.05) is 29.3 Å². The van der Waals surface area contributed by atoms with Crippen molar-refractivity contribution in [3.8, 4) is 0 Å². The van der Waals surface area contributed by atoms with E-state index in [4.69, 9.17) is 28.3 Å². The van der Waals surface area contributed by atoms with Gasteiger partial charge in [0.25, 0.3) is 5.91 Å². The summed E-state index contributed by atoms with van der Waals surface area (Å²) in [4.78, 5) is 26.0. The number of amides is 2. The summed E-state index contributed by atoms with van der Waals surface area (Å²) in [5.41, 5.74) is 0.0756. The second-order valence-electron chi connectivity index (χ2n) is 6.76. The first kappa shape index (κ1) is 24.4. The summed E-state index contributed by atoms with van der Waals surface area (Å²) in [6, 6.07) is 7.27. The number of hydrogen-bond acceptors (Lipinski definition) is 6. The van der Waals surface area contributed by atoms with Crippen LogP contribution in [0, 0.1) is 0 Å². The highest BCUT2D eigenvalue weighted by Gasteiger charge is 2.47. The third-order valence-electron chi connectivity index (χ3n) is 4.68. The second-order valence-corrected chi connectivity index (χ2v) is 11.0. The first-order chi connectivity index (χ1) is 14.9. The quantitative estimate of drug-likeness (QED) is 0.441. The van der Waals surface area contributed by atoms with Crippen molar-refractivity contribution in [3.05, 3.63) is 65.2 Å². The molecule has 9 nitrogen and oxygen atoms in total. The predicted molar refractivity (Wildman–Crippen MR) is 119 cm³/mol. The van der Waals surface area contributed by atoms with Crippen LogP contribution in [-0.4, -0.2) is 45.5 Å². The van der Waals surface area contributed by atoms with Gasteiger partial charge >= 0.3 is 0 Å². The standard InChI is InChI=1S/C19H17Cl2N3O6S2/c1-2-9-23(32(29,30)17-10-12(20)3-8-15(17)21)16-11-18(25)24(19(16)26)13-4-6-14(7-5-13)31(22,27)28/h2-8,10,16H,1,9,11H2,(H2,22,27,28). The number of nitrogens with two attached hydrogens (primary N) is 1.